The van der Waals surface area contributed by atoms with Crippen LogP contribution in [-0.4, -0.2) is 25.3 Å². The van der Waals surface area contributed by atoms with Gasteiger partial charge in [-0.05, 0) is 61.6 Å². The molecule has 4 rings (SSSR count). The fourth-order valence-corrected chi connectivity index (χ4v) is 3.95. The number of rotatable bonds is 8. The Labute approximate surface area is 178 Å². The first-order valence-corrected chi connectivity index (χ1v) is 10.4. The SMILES string of the molecule is COc1ccc(N(Cc2cccnc2)c2ccccc2OC)cc1OC1CCCC1. The maximum atomic E-state index is 6.34. The number of ether oxygens (including phenoxy) is 3. The molecule has 1 aromatic heterocycles. The molecular weight excluding hydrogens is 376 g/mol. The van der Waals surface area contributed by atoms with Gasteiger partial charge < -0.3 is 19.1 Å². The number of hydrogen-bond acceptors (Lipinski definition) is 5. The van der Waals surface area contributed by atoms with E-state index < -0.39 is 0 Å². The van der Waals surface area contributed by atoms with Crippen molar-refractivity contribution >= 4 is 11.4 Å². The van der Waals surface area contributed by atoms with Gasteiger partial charge in [-0.2, -0.15) is 0 Å². The van der Waals surface area contributed by atoms with Crippen LogP contribution in [0.25, 0.3) is 0 Å². The molecule has 0 unspecified atom stereocenters. The third-order valence-electron chi connectivity index (χ3n) is 5.49. The molecule has 0 spiro atoms. The lowest BCUT2D eigenvalue weighted by Crippen LogP contribution is -2.18. The predicted molar refractivity (Wildman–Crippen MR) is 119 cm³/mol. The van der Waals surface area contributed by atoms with Gasteiger partial charge in [-0.1, -0.05) is 18.2 Å². The fourth-order valence-electron chi connectivity index (χ4n) is 3.95. The monoisotopic (exact) mass is 404 g/mol. The minimum Gasteiger partial charge on any atom is -0.495 e. The summed E-state index contributed by atoms with van der Waals surface area (Å²) in [6, 6.07) is 18.2. The lowest BCUT2D eigenvalue weighted by Gasteiger charge is -2.28. The second-order valence-electron chi connectivity index (χ2n) is 7.48. The lowest BCUT2D eigenvalue weighted by atomic mass is 10.1. The van der Waals surface area contributed by atoms with E-state index in [0.29, 0.717) is 6.54 Å². The molecular formula is C25H28N2O3. The first-order valence-electron chi connectivity index (χ1n) is 10.4. The molecule has 0 saturated heterocycles. The van der Waals surface area contributed by atoms with Crippen molar-refractivity contribution in [2.75, 3.05) is 19.1 Å². The Morgan fingerprint density at radius 3 is 2.43 bits per heavy atom. The average Bonchev–Trinajstić information content (AvgIpc) is 3.31. The third kappa shape index (κ3) is 4.51. The molecule has 0 bridgehead atoms. The minimum atomic E-state index is 0.257. The maximum absolute atomic E-state index is 6.34. The predicted octanol–water partition coefficient (Wildman–Crippen LogP) is 5.76. The number of pyridine rings is 1. The van der Waals surface area contributed by atoms with Crippen LogP contribution in [0.1, 0.15) is 31.2 Å². The standard InChI is InChI=1S/C25H28N2O3/c1-28-23-12-6-5-11-22(23)27(18-19-8-7-15-26-17-19)20-13-14-24(29-2)25(16-20)30-21-9-3-4-10-21/h5-8,11-17,21H,3-4,9-10,18H2,1-2H3. The fraction of sp³-hybridized carbons (Fsp3) is 0.320. The highest BCUT2D eigenvalue weighted by Gasteiger charge is 2.21. The Hall–Kier alpha value is -3.21. The van der Waals surface area contributed by atoms with Crippen molar-refractivity contribution in [1.29, 1.82) is 0 Å². The second-order valence-corrected chi connectivity index (χ2v) is 7.48. The molecule has 3 aromatic rings. The molecule has 5 nitrogen and oxygen atoms in total. The van der Waals surface area contributed by atoms with Crippen molar-refractivity contribution in [1.82, 2.24) is 4.98 Å². The van der Waals surface area contributed by atoms with Gasteiger partial charge in [0, 0.05) is 30.7 Å². The zero-order chi connectivity index (χ0) is 20.8. The Balaban J connectivity index is 1.74. The average molecular weight is 405 g/mol. The summed E-state index contributed by atoms with van der Waals surface area (Å²) < 4.78 is 17.6. The number of methoxy groups -OCH3 is 2. The third-order valence-corrected chi connectivity index (χ3v) is 5.49. The van der Waals surface area contributed by atoms with Crippen molar-refractivity contribution in [3.63, 3.8) is 0 Å². The molecule has 1 aliphatic rings. The van der Waals surface area contributed by atoms with Gasteiger partial charge in [-0.25, -0.2) is 0 Å². The number of benzene rings is 2. The summed E-state index contributed by atoms with van der Waals surface area (Å²) in [6.45, 7) is 0.656. The van der Waals surface area contributed by atoms with E-state index in [-0.39, 0.29) is 6.10 Å². The summed E-state index contributed by atoms with van der Waals surface area (Å²) in [5, 5.41) is 0. The molecule has 156 valence electrons. The van der Waals surface area contributed by atoms with E-state index in [4.69, 9.17) is 14.2 Å². The van der Waals surface area contributed by atoms with Crippen molar-refractivity contribution < 1.29 is 14.2 Å². The molecule has 0 atom stereocenters. The number of aromatic nitrogens is 1. The molecule has 0 amide bonds. The van der Waals surface area contributed by atoms with Crippen LogP contribution in [-0.2, 0) is 6.54 Å². The lowest BCUT2D eigenvalue weighted by molar-refractivity contribution is 0.201. The van der Waals surface area contributed by atoms with E-state index in [2.05, 4.69) is 34.1 Å². The minimum absolute atomic E-state index is 0.257. The molecule has 1 fully saturated rings. The smallest absolute Gasteiger partial charge is 0.163 e. The second kappa shape index (κ2) is 9.53. The number of hydrogen-bond donors (Lipinski definition) is 0. The van der Waals surface area contributed by atoms with Gasteiger partial charge in [0.15, 0.2) is 11.5 Å². The Bertz CT molecular complexity index is 956. The van der Waals surface area contributed by atoms with Gasteiger partial charge in [0.2, 0.25) is 0 Å². The van der Waals surface area contributed by atoms with Gasteiger partial charge in [-0.15, -0.1) is 0 Å². The van der Waals surface area contributed by atoms with Crippen LogP contribution in [0.4, 0.5) is 11.4 Å². The Morgan fingerprint density at radius 1 is 0.900 bits per heavy atom. The van der Waals surface area contributed by atoms with Crippen LogP contribution < -0.4 is 19.1 Å². The number of nitrogens with zero attached hydrogens (tertiary/aromatic N) is 2. The van der Waals surface area contributed by atoms with E-state index in [1.54, 1.807) is 20.4 Å². The molecule has 2 aromatic carbocycles. The van der Waals surface area contributed by atoms with Crippen LogP contribution in [0.3, 0.4) is 0 Å². The Morgan fingerprint density at radius 2 is 1.70 bits per heavy atom. The largest absolute Gasteiger partial charge is 0.495 e. The topological polar surface area (TPSA) is 43.8 Å². The van der Waals surface area contributed by atoms with E-state index in [9.17, 15) is 0 Å². The highest BCUT2D eigenvalue weighted by Crippen LogP contribution is 2.40. The summed E-state index contributed by atoms with van der Waals surface area (Å²) in [5.74, 6) is 2.36. The van der Waals surface area contributed by atoms with E-state index in [0.717, 1.165) is 47.0 Å². The van der Waals surface area contributed by atoms with E-state index >= 15 is 0 Å². The number of para-hydroxylation sites is 2. The molecule has 1 saturated carbocycles. The van der Waals surface area contributed by atoms with Crippen LogP contribution in [0.15, 0.2) is 67.0 Å². The summed E-state index contributed by atoms with van der Waals surface area (Å²) in [7, 11) is 3.38. The molecule has 1 heterocycles. The van der Waals surface area contributed by atoms with Crippen LogP contribution in [0.5, 0.6) is 17.2 Å². The summed E-state index contributed by atoms with van der Waals surface area (Å²) in [5.41, 5.74) is 3.11. The molecule has 5 heteroatoms. The summed E-state index contributed by atoms with van der Waals surface area (Å²) >= 11 is 0. The zero-order valence-electron chi connectivity index (χ0n) is 17.6. The van der Waals surface area contributed by atoms with Gasteiger partial charge in [0.1, 0.15) is 5.75 Å². The normalized spacial score (nSPS) is 13.8. The summed E-state index contributed by atoms with van der Waals surface area (Å²) in [6.07, 6.45) is 8.58. The van der Waals surface area contributed by atoms with Crippen molar-refractivity contribution in [3.05, 3.63) is 72.6 Å². The maximum Gasteiger partial charge on any atom is 0.163 e. The van der Waals surface area contributed by atoms with E-state index in [1.807, 2.05) is 36.5 Å². The van der Waals surface area contributed by atoms with Gasteiger partial charge in [-0.3, -0.25) is 4.98 Å². The van der Waals surface area contributed by atoms with Crippen LogP contribution in [0.2, 0.25) is 0 Å². The molecule has 0 N–H and O–H groups in total. The first-order chi connectivity index (χ1) is 14.8. The first kappa shape index (κ1) is 20.1. The highest BCUT2D eigenvalue weighted by atomic mass is 16.5. The van der Waals surface area contributed by atoms with Gasteiger partial charge >= 0.3 is 0 Å². The van der Waals surface area contributed by atoms with Crippen molar-refractivity contribution in [3.8, 4) is 17.2 Å². The van der Waals surface area contributed by atoms with Gasteiger partial charge in [0.05, 0.1) is 26.0 Å². The quantitative estimate of drug-likeness (QED) is 0.478. The molecule has 1 aliphatic carbocycles. The van der Waals surface area contributed by atoms with E-state index in [1.165, 1.54) is 12.8 Å². The molecule has 30 heavy (non-hydrogen) atoms. The molecule has 0 aliphatic heterocycles. The number of anilines is 2. The Kier molecular flexibility index (Phi) is 6.38. The highest BCUT2D eigenvalue weighted by molar-refractivity contribution is 5.71. The molecule has 0 radical (unpaired) electrons. The van der Waals surface area contributed by atoms with Crippen LogP contribution in [0, 0.1) is 0 Å². The zero-order valence-corrected chi connectivity index (χ0v) is 17.6. The van der Waals surface area contributed by atoms with Crippen molar-refractivity contribution in [2.24, 2.45) is 0 Å². The summed E-state index contributed by atoms with van der Waals surface area (Å²) in [4.78, 5) is 6.50. The van der Waals surface area contributed by atoms with Gasteiger partial charge in [0.25, 0.3) is 0 Å². The van der Waals surface area contributed by atoms with Crippen molar-refractivity contribution in [2.45, 2.75) is 38.3 Å². The van der Waals surface area contributed by atoms with Crippen LogP contribution >= 0.6 is 0 Å².